The van der Waals surface area contributed by atoms with Crippen LogP contribution in [0.2, 0.25) is 0 Å². The first-order valence-electron chi connectivity index (χ1n) is 8.61. The third-order valence-corrected chi connectivity index (χ3v) is 5.11. The van der Waals surface area contributed by atoms with Crippen molar-refractivity contribution in [3.63, 3.8) is 0 Å². The van der Waals surface area contributed by atoms with E-state index in [1.165, 1.54) is 5.69 Å². The molecule has 24 heavy (non-hydrogen) atoms. The molecule has 2 aliphatic rings. The van der Waals surface area contributed by atoms with Crippen molar-refractivity contribution in [2.24, 2.45) is 7.05 Å². The number of aliphatic hydroxyl groups excluding tert-OH is 1. The molecular formula is C17H30N4O3. The molecule has 0 unspecified atom stereocenters. The lowest BCUT2D eigenvalue weighted by Gasteiger charge is -2.43. The number of ether oxygens (including phenoxy) is 2. The fourth-order valence-corrected chi connectivity index (χ4v) is 3.53. The van der Waals surface area contributed by atoms with Crippen LogP contribution in [-0.2, 0) is 23.1 Å². The summed E-state index contributed by atoms with van der Waals surface area (Å²) < 4.78 is 13.9. The van der Waals surface area contributed by atoms with E-state index in [0.29, 0.717) is 13.2 Å². The second-order valence-electron chi connectivity index (χ2n) is 7.16. The minimum Gasteiger partial charge on any atom is -0.390 e. The smallest absolute Gasteiger partial charge is 0.176 e. The molecular weight excluding hydrogens is 308 g/mol. The van der Waals surface area contributed by atoms with Gasteiger partial charge in [-0.15, -0.1) is 0 Å². The van der Waals surface area contributed by atoms with Crippen LogP contribution in [0.3, 0.4) is 0 Å². The molecule has 0 aliphatic carbocycles. The van der Waals surface area contributed by atoms with Gasteiger partial charge in [-0.05, 0) is 33.3 Å². The predicted molar refractivity (Wildman–Crippen MR) is 91.6 cm³/mol. The van der Waals surface area contributed by atoms with Crippen molar-refractivity contribution in [2.45, 2.75) is 37.1 Å². The van der Waals surface area contributed by atoms with Crippen LogP contribution in [0.4, 0.5) is 0 Å². The summed E-state index contributed by atoms with van der Waals surface area (Å²) in [6.45, 7) is 3.01. The van der Waals surface area contributed by atoms with Crippen molar-refractivity contribution in [1.29, 1.82) is 0 Å². The van der Waals surface area contributed by atoms with Gasteiger partial charge in [0, 0.05) is 38.6 Å². The molecule has 7 nitrogen and oxygen atoms in total. The van der Waals surface area contributed by atoms with Crippen molar-refractivity contribution >= 4 is 0 Å². The fourth-order valence-electron chi connectivity index (χ4n) is 3.53. The Morgan fingerprint density at radius 2 is 2.12 bits per heavy atom. The zero-order valence-electron chi connectivity index (χ0n) is 15.1. The van der Waals surface area contributed by atoms with E-state index in [1.54, 1.807) is 0 Å². The number of aliphatic hydroxyl groups is 1. The van der Waals surface area contributed by atoms with Gasteiger partial charge in [0.15, 0.2) is 6.29 Å². The summed E-state index contributed by atoms with van der Waals surface area (Å²) >= 11 is 0. The topological polar surface area (TPSA) is 62.1 Å². The number of aromatic nitrogens is 1. The third kappa shape index (κ3) is 3.66. The molecule has 0 aromatic carbocycles. The maximum absolute atomic E-state index is 11.0. The number of fused-ring (bicyclic) bond motifs is 2. The van der Waals surface area contributed by atoms with Gasteiger partial charge in [-0.2, -0.15) is 0 Å². The van der Waals surface area contributed by atoms with E-state index in [1.807, 2.05) is 40.5 Å². The van der Waals surface area contributed by atoms with Crippen LogP contribution in [0.5, 0.6) is 0 Å². The summed E-state index contributed by atoms with van der Waals surface area (Å²) in [6, 6.07) is 3.81. The first-order valence-corrected chi connectivity index (χ1v) is 8.61. The van der Waals surface area contributed by atoms with Crippen molar-refractivity contribution in [1.82, 2.24) is 19.7 Å². The minimum atomic E-state index is -0.524. The van der Waals surface area contributed by atoms with E-state index in [9.17, 15) is 5.11 Å². The van der Waals surface area contributed by atoms with Crippen molar-refractivity contribution in [3.8, 4) is 0 Å². The predicted octanol–water partition coefficient (Wildman–Crippen LogP) is -0.539. The van der Waals surface area contributed by atoms with E-state index < -0.39 is 6.10 Å². The number of likely N-dealkylation sites (N-methyl/N-ethyl adjacent to an activating group) is 2. The van der Waals surface area contributed by atoms with Crippen molar-refractivity contribution < 1.29 is 14.6 Å². The zero-order chi connectivity index (χ0) is 17.3. The maximum Gasteiger partial charge on any atom is 0.176 e. The highest BCUT2D eigenvalue weighted by molar-refractivity contribution is 5.08. The molecule has 2 fully saturated rings. The van der Waals surface area contributed by atoms with E-state index in [-0.39, 0.29) is 24.5 Å². The normalized spacial score (nSPS) is 32.9. The Bertz CT molecular complexity index is 536. The fraction of sp³-hybridized carbons (Fsp3) is 0.765. The Hall–Kier alpha value is -0.960. The third-order valence-electron chi connectivity index (χ3n) is 5.11. The lowest BCUT2D eigenvalue weighted by atomic mass is 9.95. The lowest BCUT2D eigenvalue weighted by molar-refractivity contribution is -0.179. The van der Waals surface area contributed by atoms with Gasteiger partial charge < -0.3 is 29.4 Å². The first kappa shape index (κ1) is 17.8. The van der Waals surface area contributed by atoms with Crippen LogP contribution < -0.4 is 5.32 Å². The largest absolute Gasteiger partial charge is 0.390 e. The molecule has 2 N–H and O–H groups in total. The molecule has 2 bridgehead atoms. The van der Waals surface area contributed by atoms with E-state index >= 15 is 0 Å². The standard InChI is InChI=1S/C17H30N4O3/c1-19(2)8-9-21(4)15-16(22)14(13-11-23-17(15)24-13)18-10-12-6-5-7-20(12)3/h5-7,13-18,22H,8-11H2,1-4H3/t13-,14-,15-,16+,17-/m1/s1. The summed E-state index contributed by atoms with van der Waals surface area (Å²) in [5, 5.41) is 14.4. The average Bonchev–Trinajstić information content (AvgIpc) is 3.13. The number of hydrogen-bond donors (Lipinski definition) is 2. The van der Waals surface area contributed by atoms with Gasteiger partial charge in [0.2, 0.25) is 0 Å². The van der Waals surface area contributed by atoms with E-state index in [4.69, 9.17) is 9.47 Å². The molecule has 5 atom stereocenters. The van der Waals surface area contributed by atoms with Gasteiger partial charge in [-0.25, -0.2) is 0 Å². The lowest BCUT2D eigenvalue weighted by Crippen LogP contribution is -2.64. The molecule has 2 saturated heterocycles. The molecule has 1 aromatic heterocycles. The molecule has 0 spiro atoms. The highest BCUT2D eigenvalue weighted by Crippen LogP contribution is 2.31. The number of hydrogen-bond acceptors (Lipinski definition) is 6. The molecule has 136 valence electrons. The Labute approximate surface area is 144 Å². The number of nitrogens with zero attached hydrogens (tertiary/aromatic N) is 3. The number of aryl methyl sites for hydroxylation is 1. The molecule has 0 radical (unpaired) electrons. The van der Waals surface area contributed by atoms with Crippen molar-refractivity contribution in [2.75, 3.05) is 40.8 Å². The van der Waals surface area contributed by atoms with Gasteiger partial charge in [-0.3, -0.25) is 4.90 Å². The monoisotopic (exact) mass is 338 g/mol. The van der Waals surface area contributed by atoms with Crippen LogP contribution in [0, 0.1) is 0 Å². The quantitative estimate of drug-likeness (QED) is 0.696. The van der Waals surface area contributed by atoms with Gasteiger partial charge in [0.25, 0.3) is 0 Å². The summed E-state index contributed by atoms with van der Waals surface area (Å²) in [6.07, 6.45) is 1.06. The van der Waals surface area contributed by atoms with Crippen LogP contribution in [0.1, 0.15) is 5.69 Å². The van der Waals surface area contributed by atoms with Gasteiger partial charge in [0.1, 0.15) is 6.10 Å². The Morgan fingerprint density at radius 1 is 1.33 bits per heavy atom. The molecule has 2 aliphatic heterocycles. The highest BCUT2D eigenvalue weighted by atomic mass is 16.7. The van der Waals surface area contributed by atoms with Gasteiger partial charge >= 0.3 is 0 Å². The van der Waals surface area contributed by atoms with Crippen LogP contribution in [-0.4, -0.2) is 90.9 Å². The molecule has 3 heterocycles. The van der Waals surface area contributed by atoms with E-state index in [2.05, 4.69) is 25.8 Å². The van der Waals surface area contributed by atoms with Gasteiger partial charge in [0.05, 0.1) is 24.8 Å². The molecule has 3 rings (SSSR count). The molecule has 7 heteroatoms. The first-order chi connectivity index (χ1) is 11.5. The summed E-state index contributed by atoms with van der Waals surface area (Å²) in [7, 11) is 8.15. The van der Waals surface area contributed by atoms with Crippen LogP contribution >= 0.6 is 0 Å². The molecule has 0 amide bonds. The second-order valence-corrected chi connectivity index (χ2v) is 7.16. The Morgan fingerprint density at radius 3 is 2.79 bits per heavy atom. The van der Waals surface area contributed by atoms with Crippen molar-refractivity contribution in [3.05, 3.63) is 24.0 Å². The second kappa shape index (κ2) is 7.51. The number of nitrogens with one attached hydrogen (secondary N) is 1. The molecule has 1 aromatic rings. The SMILES string of the molecule is CN(C)CCN(C)[C@H]1[C@@H]2OC[C@@H](O2)[C@@H](NCc2cccn2C)[C@@H]1O. The minimum absolute atomic E-state index is 0.0937. The summed E-state index contributed by atoms with van der Waals surface area (Å²) in [4.78, 5) is 4.28. The maximum atomic E-state index is 11.0. The highest BCUT2D eigenvalue weighted by Gasteiger charge is 2.51. The van der Waals surface area contributed by atoms with Crippen LogP contribution in [0.15, 0.2) is 18.3 Å². The van der Waals surface area contributed by atoms with E-state index in [0.717, 1.165) is 13.1 Å². The van der Waals surface area contributed by atoms with Gasteiger partial charge in [-0.1, -0.05) is 0 Å². The average molecular weight is 338 g/mol. The summed E-state index contributed by atoms with van der Waals surface area (Å²) in [5.41, 5.74) is 1.18. The Kier molecular flexibility index (Phi) is 5.59. The number of rotatable bonds is 7. The Balaban J connectivity index is 1.65. The zero-order valence-corrected chi connectivity index (χ0v) is 15.1. The molecule has 0 saturated carbocycles. The van der Waals surface area contributed by atoms with Crippen LogP contribution in [0.25, 0.3) is 0 Å². The summed E-state index contributed by atoms with van der Waals surface area (Å²) in [5.74, 6) is 0.